The summed E-state index contributed by atoms with van der Waals surface area (Å²) < 4.78 is 0. The van der Waals surface area contributed by atoms with Crippen LogP contribution in [0.25, 0.3) is 0 Å². The van der Waals surface area contributed by atoms with Crippen LogP contribution in [0, 0.1) is 34.1 Å². The fourth-order valence-corrected chi connectivity index (χ4v) is 2.47. The number of nitrogens with zero attached hydrogens (tertiary/aromatic N) is 2. The number of hydrogen-bond acceptors (Lipinski definition) is 7. The molecule has 12 nitrogen and oxygen atoms in total. The Hall–Kier alpha value is -4.35. The Labute approximate surface area is 175 Å². The van der Waals surface area contributed by atoms with E-state index in [4.69, 9.17) is 0 Å². The number of carbonyl (C=O) groups is 3. The summed E-state index contributed by atoms with van der Waals surface area (Å²) in [5, 5.41) is 24.4. The SMILES string of the molecule is Cc1ccc(NC(=O)CCC(=O)NNC(=O)c2cc([N+](=O)[O-])cc([N+](=O)[O-])c2)cc1C. The van der Waals surface area contributed by atoms with E-state index in [1.807, 2.05) is 25.3 Å². The van der Waals surface area contributed by atoms with E-state index in [9.17, 15) is 34.6 Å². The Morgan fingerprint density at radius 3 is 1.94 bits per heavy atom. The minimum atomic E-state index is -0.986. The topological polar surface area (TPSA) is 174 Å². The molecule has 2 aromatic carbocycles. The lowest BCUT2D eigenvalue weighted by Gasteiger charge is -2.09. The summed E-state index contributed by atoms with van der Waals surface area (Å²) in [6.07, 6.45) is -0.400. The molecule has 0 spiro atoms. The zero-order valence-electron chi connectivity index (χ0n) is 16.6. The third kappa shape index (κ3) is 6.59. The van der Waals surface area contributed by atoms with E-state index in [0.29, 0.717) is 11.8 Å². The van der Waals surface area contributed by atoms with Crippen LogP contribution < -0.4 is 16.2 Å². The molecule has 0 radical (unpaired) electrons. The number of hydrogen-bond donors (Lipinski definition) is 3. The number of nitro groups is 2. The minimum Gasteiger partial charge on any atom is -0.326 e. The number of benzene rings is 2. The highest BCUT2D eigenvalue weighted by Crippen LogP contribution is 2.22. The van der Waals surface area contributed by atoms with Gasteiger partial charge in [0.1, 0.15) is 0 Å². The number of amides is 3. The molecule has 2 rings (SSSR count). The van der Waals surface area contributed by atoms with Crippen LogP contribution in [-0.2, 0) is 9.59 Å². The van der Waals surface area contributed by atoms with Crippen molar-refractivity contribution in [2.24, 2.45) is 0 Å². The van der Waals surface area contributed by atoms with Crippen molar-refractivity contribution in [3.8, 4) is 0 Å². The monoisotopic (exact) mass is 429 g/mol. The number of aryl methyl sites for hydroxylation is 2. The summed E-state index contributed by atoms with van der Waals surface area (Å²) in [5.74, 6) is -2.08. The van der Waals surface area contributed by atoms with Crippen LogP contribution in [0.4, 0.5) is 17.1 Å². The first kappa shape index (κ1) is 22.9. The second kappa shape index (κ2) is 9.91. The van der Waals surface area contributed by atoms with Crippen LogP contribution in [0.2, 0.25) is 0 Å². The summed E-state index contributed by atoms with van der Waals surface area (Å²) in [7, 11) is 0. The number of non-ortho nitro benzene ring substituents is 2. The molecule has 12 heteroatoms. The second-order valence-corrected chi connectivity index (χ2v) is 6.60. The maximum absolute atomic E-state index is 12.1. The van der Waals surface area contributed by atoms with Gasteiger partial charge in [-0.25, -0.2) is 0 Å². The zero-order valence-corrected chi connectivity index (χ0v) is 16.6. The van der Waals surface area contributed by atoms with Crippen molar-refractivity contribution in [3.05, 3.63) is 73.3 Å². The molecule has 0 aliphatic rings. The van der Waals surface area contributed by atoms with E-state index in [0.717, 1.165) is 23.3 Å². The molecule has 3 amide bonds. The maximum Gasteiger partial charge on any atom is 0.277 e. The number of rotatable bonds is 7. The van der Waals surface area contributed by atoms with E-state index in [2.05, 4.69) is 10.7 Å². The van der Waals surface area contributed by atoms with Gasteiger partial charge in [0.25, 0.3) is 17.3 Å². The van der Waals surface area contributed by atoms with Crippen molar-refractivity contribution in [1.82, 2.24) is 10.9 Å². The smallest absolute Gasteiger partial charge is 0.277 e. The summed E-state index contributed by atoms with van der Waals surface area (Å²) in [4.78, 5) is 55.9. The molecule has 0 atom stereocenters. The minimum absolute atomic E-state index is 0.156. The normalized spacial score (nSPS) is 10.1. The third-order valence-electron chi connectivity index (χ3n) is 4.27. The lowest BCUT2D eigenvalue weighted by atomic mass is 10.1. The highest BCUT2D eigenvalue weighted by Gasteiger charge is 2.20. The lowest BCUT2D eigenvalue weighted by molar-refractivity contribution is -0.394. The van der Waals surface area contributed by atoms with Crippen LogP contribution in [0.1, 0.15) is 34.3 Å². The van der Waals surface area contributed by atoms with Crippen molar-refractivity contribution in [3.63, 3.8) is 0 Å². The molecule has 0 aliphatic heterocycles. The van der Waals surface area contributed by atoms with Crippen molar-refractivity contribution >= 4 is 34.8 Å². The van der Waals surface area contributed by atoms with Crippen molar-refractivity contribution in [1.29, 1.82) is 0 Å². The summed E-state index contributed by atoms with van der Waals surface area (Å²) in [5.41, 5.74) is 5.05. The maximum atomic E-state index is 12.1. The predicted molar refractivity (Wildman–Crippen MR) is 109 cm³/mol. The summed E-state index contributed by atoms with van der Waals surface area (Å²) in [6.45, 7) is 3.84. The molecule has 31 heavy (non-hydrogen) atoms. The Balaban J connectivity index is 1.88. The molecule has 0 aromatic heterocycles. The number of nitrogens with one attached hydrogen (secondary N) is 3. The molecule has 0 bridgehead atoms. The van der Waals surface area contributed by atoms with Gasteiger partial charge in [-0.1, -0.05) is 6.07 Å². The van der Waals surface area contributed by atoms with E-state index in [1.165, 1.54) is 0 Å². The first-order valence-electron chi connectivity index (χ1n) is 8.97. The highest BCUT2D eigenvalue weighted by molar-refractivity contribution is 5.97. The average Bonchev–Trinajstić information content (AvgIpc) is 2.72. The van der Waals surface area contributed by atoms with Gasteiger partial charge in [-0.3, -0.25) is 45.5 Å². The molecule has 162 valence electrons. The largest absolute Gasteiger partial charge is 0.326 e. The number of carbonyl (C=O) groups excluding carboxylic acids is 3. The molecule has 0 saturated heterocycles. The van der Waals surface area contributed by atoms with Crippen molar-refractivity contribution in [2.75, 3.05) is 5.32 Å². The first-order chi connectivity index (χ1) is 14.6. The molecule has 0 heterocycles. The summed E-state index contributed by atoms with van der Waals surface area (Å²) >= 11 is 0. The quantitative estimate of drug-likeness (QED) is 0.447. The van der Waals surface area contributed by atoms with E-state index >= 15 is 0 Å². The van der Waals surface area contributed by atoms with Crippen LogP contribution in [0.15, 0.2) is 36.4 Å². The predicted octanol–water partition coefficient (Wildman–Crippen LogP) is 2.30. The summed E-state index contributed by atoms with van der Waals surface area (Å²) in [6, 6.07) is 7.77. The number of nitro benzene ring substituents is 2. The Bertz CT molecular complexity index is 1040. The Morgan fingerprint density at radius 1 is 0.806 bits per heavy atom. The highest BCUT2D eigenvalue weighted by atomic mass is 16.6. The van der Waals surface area contributed by atoms with Gasteiger partial charge < -0.3 is 5.32 Å². The van der Waals surface area contributed by atoms with Gasteiger partial charge in [0.2, 0.25) is 11.8 Å². The molecule has 2 aromatic rings. The Kier molecular flexibility index (Phi) is 7.33. The van der Waals surface area contributed by atoms with Gasteiger partial charge in [0.15, 0.2) is 0 Å². The second-order valence-electron chi connectivity index (χ2n) is 6.60. The first-order valence-corrected chi connectivity index (χ1v) is 8.97. The van der Waals surface area contributed by atoms with Crippen molar-refractivity contribution in [2.45, 2.75) is 26.7 Å². The lowest BCUT2D eigenvalue weighted by Crippen LogP contribution is -2.41. The van der Waals surface area contributed by atoms with Gasteiger partial charge in [-0.2, -0.15) is 0 Å². The molecule has 0 aliphatic carbocycles. The van der Waals surface area contributed by atoms with Crippen LogP contribution >= 0.6 is 0 Å². The molecule has 0 unspecified atom stereocenters. The molecular weight excluding hydrogens is 410 g/mol. The van der Waals surface area contributed by atoms with Crippen LogP contribution in [0.5, 0.6) is 0 Å². The number of hydrazine groups is 1. The van der Waals surface area contributed by atoms with Gasteiger partial charge in [0.05, 0.1) is 21.5 Å². The zero-order chi connectivity index (χ0) is 23.1. The molecular formula is C19H19N5O7. The fraction of sp³-hybridized carbons (Fsp3) is 0.211. The van der Waals surface area contributed by atoms with Crippen LogP contribution in [-0.4, -0.2) is 27.6 Å². The molecule has 0 fully saturated rings. The van der Waals surface area contributed by atoms with Gasteiger partial charge in [0, 0.05) is 30.7 Å². The van der Waals surface area contributed by atoms with E-state index < -0.39 is 38.9 Å². The van der Waals surface area contributed by atoms with E-state index in [1.54, 1.807) is 12.1 Å². The van der Waals surface area contributed by atoms with Gasteiger partial charge in [-0.05, 0) is 37.1 Å². The Morgan fingerprint density at radius 2 is 1.39 bits per heavy atom. The average molecular weight is 429 g/mol. The van der Waals surface area contributed by atoms with Gasteiger partial charge in [-0.15, -0.1) is 0 Å². The molecule has 0 saturated carbocycles. The molecule has 3 N–H and O–H groups in total. The van der Waals surface area contributed by atoms with Gasteiger partial charge >= 0.3 is 0 Å². The number of anilines is 1. The van der Waals surface area contributed by atoms with Crippen LogP contribution in [0.3, 0.4) is 0 Å². The third-order valence-corrected chi connectivity index (χ3v) is 4.27. The van der Waals surface area contributed by atoms with E-state index in [-0.39, 0.29) is 18.4 Å². The fourth-order valence-electron chi connectivity index (χ4n) is 2.47. The van der Waals surface area contributed by atoms with Crippen molar-refractivity contribution < 1.29 is 24.2 Å². The standard InChI is InChI=1S/C19H19N5O7/c1-11-3-4-14(7-12(11)2)20-17(25)5-6-18(26)21-22-19(27)13-8-15(23(28)29)10-16(9-13)24(30)31/h3-4,7-10H,5-6H2,1-2H3,(H,20,25)(H,21,26)(H,22,27).